The largest absolute Gasteiger partial charge is 0.392 e. The van der Waals surface area contributed by atoms with E-state index in [0.717, 1.165) is 24.9 Å². The molecule has 2 aromatic carbocycles. The van der Waals surface area contributed by atoms with Gasteiger partial charge in [-0.25, -0.2) is 4.68 Å². The molecular weight excluding hydrogens is 350 g/mol. The van der Waals surface area contributed by atoms with Gasteiger partial charge in [0.05, 0.1) is 11.8 Å². The molecule has 5 nitrogen and oxygen atoms in total. The second-order valence-electron chi connectivity index (χ2n) is 7.83. The number of likely N-dealkylation sites (tertiary alicyclic amines) is 1. The lowest BCUT2D eigenvalue weighted by Gasteiger charge is -2.42. The van der Waals surface area contributed by atoms with Crippen molar-refractivity contribution in [1.29, 1.82) is 0 Å². The van der Waals surface area contributed by atoms with Crippen molar-refractivity contribution in [2.24, 2.45) is 0 Å². The van der Waals surface area contributed by atoms with E-state index in [1.54, 1.807) is 10.9 Å². The van der Waals surface area contributed by atoms with Crippen LogP contribution in [-0.2, 0) is 11.8 Å². The highest BCUT2D eigenvalue weighted by molar-refractivity contribution is 5.94. The fraction of sp³-hybridized carbons (Fsp3) is 0.304. The number of aliphatic hydroxyl groups excluding tert-OH is 1. The molecule has 0 unspecified atom stereocenters. The molecule has 0 bridgehead atoms. The van der Waals surface area contributed by atoms with Gasteiger partial charge in [0.2, 0.25) is 0 Å². The molecule has 2 aliphatic rings. The Labute approximate surface area is 164 Å². The number of carbonyl (C=O) groups excluding carboxylic acids is 1. The maximum Gasteiger partial charge on any atom is 0.253 e. The summed E-state index contributed by atoms with van der Waals surface area (Å²) in [5, 5.41) is 15.0. The predicted molar refractivity (Wildman–Crippen MR) is 107 cm³/mol. The Hall–Kier alpha value is -2.92. The molecular formula is C23H23N3O2. The second kappa shape index (κ2) is 6.60. The first-order valence-corrected chi connectivity index (χ1v) is 9.83. The van der Waals surface area contributed by atoms with Crippen molar-refractivity contribution < 1.29 is 9.90 Å². The molecule has 1 atom stereocenters. The SMILES string of the molecule is O=C(c1cccc(-n2cccn2)c1)N1CCC2(CC1)c1ccccc1C[C@H]2O. The smallest absolute Gasteiger partial charge is 0.253 e. The first-order chi connectivity index (χ1) is 13.7. The number of aliphatic hydroxyl groups is 1. The minimum Gasteiger partial charge on any atom is -0.392 e. The normalized spacial score (nSPS) is 20.3. The first-order valence-electron chi connectivity index (χ1n) is 9.83. The lowest BCUT2D eigenvalue weighted by molar-refractivity contribution is 0.0365. The van der Waals surface area contributed by atoms with Gasteiger partial charge >= 0.3 is 0 Å². The molecule has 5 heteroatoms. The number of rotatable bonds is 2. The lowest BCUT2D eigenvalue weighted by Crippen LogP contribution is -2.49. The van der Waals surface area contributed by atoms with Crippen LogP contribution in [0.2, 0.25) is 0 Å². The number of fused-ring (bicyclic) bond motifs is 2. The Kier molecular flexibility index (Phi) is 4.05. The van der Waals surface area contributed by atoms with Crippen molar-refractivity contribution in [3.8, 4) is 5.69 Å². The fourth-order valence-electron chi connectivity index (χ4n) is 4.86. The highest BCUT2D eigenvalue weighted by Crippen LogP contribution is 2.46. The van der Waals surface area contributed by atoms with E-state index >= 15 is 0 Å². The lowest BCUT2D eigenvalue weighted by atomic mass is 9.72. The first kappa shape index (κ1) is 17.2. The van der Waals surface area contributed by atoms with Gasteiger partial charge in [0.15, 0.2) is 0 Å². The van der Waals surface area contributed by atoms with Crippen molar-refractivity contribution in [3.05, 3.63) is 83.7 Å². The molecule has 2 heterocycles. The summed E-state index contributed by atoms with van der Waals surface area (Å²) in [6.45, 7) is 1.33. The third-order valence-corrected chi connectivity index (χ3v) is 6.41. The van der Waals surface area contributed by atoms with Gasteiger partial charge in [0.1, 0.15) is 0 Å². The monoisotopic (exact) mass is 373 g/mol. The number of nitrogens with zero attached hydrogens (tertiary/aromatic N) is 3. The quantitative estimate of drug-likeness (QED) is 0.751. The number of hydrogen-bond donors (Lipinski definition) is 1. The molecule has 3 aromatic rings. The van der Waals surface area contributed by atoms with Gasteiger partial charge in [-0.15, -0.1) is 0 Å². The highest BCUT2D eigenvalue weighted by Gasteiger charge is 2.48. The summed E-state index contributed by atoms with van der Waals surface area (Å²) >= 11 is 0. The molecule has 1 amide bonds. The zero-order chi connectivity index (χ0) is 19.1. The molecule has 5 rings (SSSR count). The summed E-state index contributed by atoms with van der Waals surface area (Å²) in [4.78, 5) is 15.0. The average molecular weight is 373 g/mol. The van der Waals surface area contributed by atoms with E-state index in [9.17, 15) is 9.90 Å². The maximum absolute atomic E-state index is 13.1. The molecule has 0 saturated carbocycles. The molecule has 1 spiro atoms. The summed E-state index contributed by atoms with van der Waals surface area (Å²) in [6, 6.07) is 17.8. The van der Waals surface area contributed by atoms with Crippen LogP contribution in [0.4, 0.5) is 0 Å². The van der Waals surface area contributed by atoms with Crippen molar-refractivity contribution in [2.75, 3.05) is 13.1 Å². The summed E-state index contributed by atoms with van der Waals surface area (Å²) in [6.07, 6.45) is 5.56. The summed E-state index contributed by atoms with van der Waals surface area (Å²) in [5.41, 5.74) is 3.88. The van der Waals surface area contributed by atoms with E-state index in [1.165, 1.54) is 11.1 Å². The van der Waals surface area contributed by atoms with Gasteiger partial charge < -0.3 is 10.0 Å². The number of piperidine rings is 1. The van der Waals surface area contributed by atoms with Crippen molar-refractivity contribution >= 4 is 5.91 Å². The Morgan fingerprint density at radius 1 is 1.07 bits per heavy atom. The molecule has 28 heavy (non-hydrogen) atoms. The summed E-state index contributed by atoms with van der Waals surface area (Å²) in [5.74, 6) is 0.0460. The van der Waals surface area contributed by atoms with Crippen molar-refractivity contribution in [2.45, 2.75) is 30.8 Å². The highest BCUT2D eigenvalue weighted by atomic mass is 16.3. The molecule has 1 aromatic heterocycles. The zero-order valence-electron chi connectivity index (χ0n) is 15.7. The number of benzene rings is 2. The van der Waals surface area contributed by atoms with Crippen molar-refractivity contribution in [3.63, 3.8) is 0 Å². The Bertz CT molecular complexity index is 1000. The number of carbonyl (C=O) groups is 1. The van der Waals surface area contributed by atoms with Gasteiger partial charge in [-0.1, -0.05) is 30.3 Å². The van der Waals surface area contributed by atoms with E-state index in [4.69, 9.17) is 0 Å². The minimum atomic E-state index is -0.356. The summed E-state index contributed by atoms with van der Waals surface area (Å²) in [7, 11) is 0. The van der Waals surface area contributed by atoms with Crippen LogP contribution in [0.15, 0.2) is 67.0 Å². The van der Waals surface area contributed by atoms with Gasteiger partial charge in [-0.05, 0) is 54.7 Å². The molecule has 1 saturated heterocycles. The van der Waals surface area contributed by atoms with Crippen LogP contribution < -0.4 is 0 Å². The minimum absolute atomic E-state index is 0.0460. The van der Waals surface area contributed by atoms with Gasteiger partial charge in [-0.2, -0.15) is 5.10 Å². The van der Waals surface area contributed by atoms with E-state index in [2.05, 4.69) is 23.3 Å². The number of amides is 1. The van der Waals surface area contributed by atoms with E-state index < -0.39 is 0 Å². The van der Waals surface area contributed by atoms with Crippen LogP contribution >= 0.6 is 0 Å². The summed E-state index contributed by atoms with van der Waals surface area (Å²) < 4.78 is 1.76. The topological polar surface area (TPSA) is 58.4 Å². The van der Waals surface area contributed by atoms with E-state index in [-0.39, 0.29) is 17.4 Å². The maximum atomic E-state index is 13.1. The van der Waals surface area contributed by atoms with E-state index in [1.807, 2.05) is 47.5 Å². The van der Waals surface area contributed by atoms with Crippen LogP contribution in [0.1, 0.15) is 34.3 Å². The molecule has 1 aliphatic heterocycles. The van der Waals surface area contributed by atoms with Crippen LogP contribution in [0, 0.1) is 0 Å². The Balaban J connectivity index is 1.35. The Morgan fingerprint density at radius 3 is 2.68 bits per heavy atom. The van der Waals surface area contributed by atoms with Gasteiger partial charge in [0, 0.05) is 36.5 Å². The van der Waals surface area contributed by atoms with E-state index in [0.29, 0.717) is 18.7 Å². The number of aromatic nitrogens is 2. The molecule has 0 radical (unpaired) electrons. The van der Waals surface area contributed by atoms with Gasteiger partial charge in [-0.3, -0.25) is 4.79 Å². The number of hydrogen-bond acceptors (Lipinski definition) is 3. The van der Waals surface area contributed by atoms with Crippen LogP contribution in [0.25, 0.3) is 5.69 Å². The third kappa shape index (κ3) is 2.66. The van der Waals surface area contributed by atoms with Crippen LogP contribution in [0.5, 0.6) is 0 Å². The molecule has 1 N–H and O–H groups in total. The van der Waals surface area contributed by atoms with Crippen LogP contribution in [-0.4, -0.2) is 44.9 Å². The second-order valence-corrected chi connectivity index (χ2v) is 7.83. The van der Waals surface area contributed by atoms with Gasteiger partial charge in [0.25, 0.3) is 5.91 Å². The standard InChI is InChI=1S/C23H23N3O2/c27-21-16-17-5-1-2-8-20(17)23(21)9-13-25(14-10-23)22(28)18-6-3-7-19(15-18)26-12-4-11-24-26/h1-8,11-12,15,21,27H,9-10,13-14,16H2/t21-/m1/s1. The third-order valence-electron chi connectivity index (χ3n) is 6.41. The zero-order valence-corrected chi connectivity index (χ0v) is 15.7. The predicted octanol–water partition coefficient (Wildman–Crippen LogP) is 2.96. The van der Waals surface area contributed by atoms with Crippen LogP contribution in [0.3, 0.4) is 0 Å². The Morgan fingerprint density at radius 2 is 1.89 bits per heavy atom. The molecule has 1 aliphatic carbocycles. The molecule has 142 valence electrons. The average Bonchev–Trinajstić information content (AvgIpc) is 3.36. The fourth-order valence-corrected chi connectivity index (χ4v) is 4.86. The molecule has 1 fully saturated rings. The van der Waals surface area contributed by atoms with Crippen molar-refractivity contribution in [1.82, 2.24) is 14.7 Å².